The predicted octanol–water partition coefficient (Wildman–Crippen LogP) is 1.84. The Morgan fingerprint density at radius 3 is 2.93 bits per heavy atom. The molecular weight excluding hydrogens is 364 g/mol. The standard InChI is InChI=1S/C9H12BrFINO/c10-4-1-2-5(11)7-8(4)13-3-6(12)9(7)14/h4-8,13H,1-3H2. The second-order valence-electron chi connectivity index (χ2n) is 3.94. The van der Waals surface area contributed by atoms with Gasteiger partial charge in [0.2, 0.25) is 0 Å². The van der Waals surface area contributed by atoms with Gasteiger partial charge in [-0.05, 0) is 12.8 Å². The highest BCUT2D eigenvalue weighted by atomic mass is 127. The minimum absolute atomic E-state index is 0.00253. The molecule has 1 saturated carbocycles. The van der Waals surface area contributed by atoms with E-state index in [1.165, 1.54) is 0 Å². The summed E-state index contributed by atoms with van der Waals surface area (Å²) in [5.74, 6) is -0.338. The third-order valence-corrected chi connectivity index (χ3v) is 5.14. The van der Waals surface area contributed by atoms with Gasteiger partial charge in [-0.25, -0.2) is 4.39 Å². The number of alkyl halides is 3. The number of hydrogen-bond donors (Lipinski definition) is 1. The van der Waals surface area contributed by atoms with Gasteiger partial charge < -0.3 is 5.32 Å². The van der Waals surface area contributed by atoms with Crippen molar-refractivity contribution in [3.8, 4) is 0 Å². The van der Waals surface area contributed by atoms with E-state index in [1.807, 2.05) is 0 Å². The van der Waals surface area contributed by atoms with Gasteiger partial charge in [0.15, 0.2) is 5.78 Å². The molecule has 5 atom stereocenters. The third-order valence-electron chi connectivity index (χ3n) is 3.05. The molecule has 0 aromatic heterocycles. The highest BCUT2D eigenvalue weighted by Crippen LogP contribution is 2.36. The lowest BCUT2D eigenvalue weighted by Crippen LogP contribution is -2.60. The number of rotatable bonds is 0. The number of halogens is 3. The molecular formula is C9H12BrFINO. The molecule has 0 bridgehead atoms. The van der Waals surface area contributed by atoms with Crippen molar-refractivity contribution < 1.29 is 9.18 Å². The Morgan fingerprint density at radius 2 is 2.21 bits per heavy atom. The molecule has 1 aliphatic heterocycles. The summed E-state index contributed by atoms with van der Waals surface area (Å²) in [5.41, 5.74) is 0. The van der Waals surface area contributed by atoms with E-state index >= 15 is 0 Å². The van der Waals surface area contributed by atoms with Crippen LogP contribution in [0.3, 0.4) is 0 Å². The first-order chi connectivity index (χ1) is 6.61. The molecule has 5 unspecified atom stereocenters. The molecule has 0 aromatic carbocycles. The lowest BCUT2D eigenvalue weighted by atomic mass is 9.77. The van der Waals surface area contributed by atoms with Crippen LogP contribution in [0.2, 0.25) is 0 Å². The van der Waals surface area contributed by atoms with E-state index in [-0.39, 0.29) is 20.6 Å². The van der Waals surface area contributed by atoms with Crippen LogP contribution in [0.1, 0.15) is 12.8 Å². The van der Waals surface area contributed by atoms with Crippen molar-refractivity contribution in [2.75, 3.05) is 6.54 Å². The zero-order valence-corrected chi connectivity index (χ0v) is 11.3. The van der Waals surface area contributed by atoms with Gasteiger partial charge in [0, 0.05) is 17.4 Å². The quantitative estimate of drug-likeness (QED) is 0.517. The maximum atomic E-state index is 13.6. The fourth-order valence-electron chi connectivity index (χ4n) is 2.29. The molecule has 0 amide bonds. The van der Waals surface area contributed by atoms with E-state index in [0.29, 0.717) is 13.0 Å². The van der Waals surface area contributed by atoms with Gasteiger partial charge in [-0.2, -0.15) is 0 Å². The first kappa shape index (κ1) is 11.3. The summed E-state index contributed by atoms with van der Waals surface area (Å²) < 4.78 is 13.6. The highest BCUT2D eigenvalue weighted by molar-refractivity contribution is 14.1. The van der Waals surface area contributed by atoms with Gasteiger partial charge in [0.1, 0.15) is 6.17 Å². The number of hydrogen-bond acceptors (Lipinski definition) is 2. The zero-order valence-electron chi connectivity index (χ0n) is 7.55. The fourth-order valence-corrected chi connectivity index (χ4v) is 3.74. The van der Waals surface area contributed by atoms with Gasteiger partial charge in [-0.15, -0.1) is 0 Å². The molecule has 0 spiro atoms. The number of Topliss-reactive ketones (excluding diaryl/α,β-unsaturated/α-hetero) is 1. The summed E-state index contributed by atoms with van der Waals surface area (Å²) in [6.07, 6.45) is 0.369. The summed E-state index contributed by atoms with van der Waals surface area (Å²) in [4.78, 5) is 12.1. The molecule has 0 radical (unpaired) electrons. The zero-order chi connectivity index (χ0) is 10.3. The average molecular weight is 376 g/mol. The SMILES string of the molecule is O=C1C(I)CNC2C(Br)CCC(F)C12. The Balaban J connectivity index is 2.19. The van der Waals surface area contributed by atoms with E-state index in [9.17, 15) is 9.18 Å². The maximum Gasteiger partial charge on any atom is 0.154 e. The van der Waals surface area contributed by atoms with E-state index < -0.39 is 12.1 Å². The maximum absolute atomic E-state index is 13.6. The van der Waals surface area contributed by atoms with Crippen LogP contribution in [0.5, 0.6) is 0 Å². The highest BCUT2D eigenvalue weighted by Gasteiger charge is 2.47. The Morgan fingerprint density at radius 1 is 1.50 bits per heavy atom. The predicted molar refractivity (Wildman–Crippen MR) is 64.9 cm³/mol. The molecule has 1 heterocycles. The van der Waals surface area contributed by atoms with E-state index in [2.05, 4.69) is 43.8 Å². The molecule has 1 N–H and O–H groups in total. The Labute approximate surface area is 105 Å². The fraction of sp³-hybridized carbons (Fsp3) is 0.889. The van der Waals surface area contributed by atoms with E-state index in [4.69, 9.17) is 0 Å². The first-order valence-electron chi connectivity index (χ1n) is 4.80. The van der Waals surface area contributed by atoms with Crippen LogP contribution in [-0.4, -0.2) is 33.3 Å². The van der Waals surface area contributed by atoms with E-state index in [0.717, 1.165) is 6.42 Å². The van der Waals surface area contributed by atoms with Crippen LogP contribution in [0.15, 0.2) is 0 Å². The summed E-state index contributed by atoms with van der Waals surface area (Å²) in [6, 6.07) is -0.00253. The van der Waals surface area contributed by atoms with Gasteiger partial charge >= 0.3 is 0 Å². The largest absolute Gasteiger partial charge is 0.311 e. The number of carbonyl (C=O) groups excluding carboxylic acids is 1. The second-order valence-corrected chi connectivity index (χ2v) is 6.62. The van der Waals surface area contributed by atoms with Crippen molar-refractivity contribution in [2.45, 2.75) is 33.8 Å². The van der Waals surface area contributed by atoms with E-state index in [1.54, 1.807) is 0 Å². The average Bonchev–Trinajstić information content (AvgIpc) is 2.16. The number of nitrogens with one attached hydrogen (secondary N) is 1. The molecule has 80 valence electrons. The first-order valence-corrected chi connectivity index (χ1v) is 6.96. The molecule has 5 heteroatoms. The van der Waals surface area contributed by atoms with Crippen LogP contribution in [0.25, 0.3) is 0 Å². The Bertz CT molecular complexity index is 253. The van der Waals surface area contributed by atoms with Crippen molar-refractivity contribution >= 4 is 44.3 Å². The molecule has 0 aromatic rings. The number of fused-ring (bicyclic) bond motifs is 1. The molecule has 2 aliphatic rings. The molecule has 2 nitrogen and oxygen atoms in total. The van der Waals surface area contributed by atoms with Crippen molar-refractivity contribution in [3.63, 3.8) is 0 Å². The van der Waals surface area contributed by atoms with Crippen LogP contribution in [0, 0.1) is 5.92 Å². The van der Waals surface area contributed by atoms with Crippen molar-refractivity contribution in [1.29, 1.82) is 0 Å². The normalized spacial score (nSPS) is 48.8. The summed E-state index contributed by atoms with van der Waals surface area (Å²) in [5, 5.41) is 3.27. The van der Waals surface area contributed by atoms with Gasteiger partial charge in [-0.3, -0.25) is 4.79 Å². The second kappa shape index (κ2) is 4.33. The molecule has 2 rings (SSSR count). The van der Waals surface area contributed by atoms with Gasteiger partial charge in [0.25, 0.3) is 0 Å². The summed E-state index contributed by atoms with van der Waals surface area (Å²) >= 11 is 5.62. The topological polar surface area (TPSA) is 29.1 Å². The van der Waals surface area contributed by atoms with Crippen LogP contribution in [0.4, 0.5) is 4.39 Å². The number of piperidine rings is 1. The minimum atomic E-state index is -0.952. The van der Waals surface area contributed by atoms with Crippen molar-refractivity contribution in [2.24, 2.45) is 5.92 Å². The van der Waals surface area contributed by atoms with Crippen molar-refractivity contribution in [3.05, 3.63) is 0 Å². The van der Waals surface area contributed by atoms with Crippen molar-refractivity contribution in [1.82, 2.24) is 5.32 Å². The van der Waals surface area contributed by atoms with Crippen LogP contribution in [-0.2, 0) is 4.79 Å². The Hall–Kier alpha value is 0.770. The molecule has 14 heavy (non-hydrogen) atoms. The van der Waals surface area contributed by atoms with Crippen LogP contribution < -0.4 is 5.32 Å². The van der Waals surface area contributed by atoms with Gasteiger partial charge in [0.05, 0.1) is 9.84 Å². The van der Waals surface area contributed by atoms with Crippen LogP contribution >= 0.6 is 38.5 Å². The minimum Gasteiger partial charge on any atom is -0.311 e. The molecule has 1 saturated heterocycles. The smallest absolute Gasteiger partial charge is 0.154 e. The summed E-state index contributed by atoms with van der Waals surface area (Å²) in [6.45, 7) is 0.676. The van der Waals surface area contributed by atoms with Gasteiger partial charge in [-0.1, -0.05) is 38.5 Å². The Kier molecular flexibility index (Phi) is 3.48. The lowest BCUT2D eigenvalue weighted by molar-refractivity contribution is -0.127. The lowest BCUT2D eigenvalue weighted by Gasteiger charge is -2.42. The molecule has 2 fully saturated rings. The number of ketones is 1. The third kappa shape index (κ3) is 1.87. The monoisotopic (exact) mass is 375 g/mol. The summed E-state index contributed by atoms with van der Waals surface area (Å²) in [7, 11) is 0. The number of carbonyl (C=O) groups is 1. The molecule has 1 aliphatic carbocycles.